The van der Waals surface area contributed by atoms with E-state index in [-0.39, 0.29) is 0 Å². The van der Waals surface area contributed by atoms with Crippen LogP contribution >= 0.6 is 0 Å². The third kappa shape index (κ3) is 2.36. The van der Waals surface area contributed by atoms with Gasteiger partial charge in [-0.15, -0.1) is 0 Å². The van der Waals surface area contributed by atoms with Crippen molar-refractivity contribution in [2.75, 3.05) is 0 Å². The number of hydrogen-bond donors (Lipinski definition) is 2. The topological polar surface area (TPSA) is 43.0 Å². The predicted molar refractivity (Wildman–Crippen MR) is 84.7 cm³/mol. The molecular formula is C17H25N3. The minimum Gasteiger partial charge on any atom is -0.341 e. The first-order chi connectivity index (χ1) is 9.70. The van der Waals surface area contributed by atoms with Crippen molar-refractivity contribution in [1.29, 1.82) is 0 Å². The molecule has 2 aromatic rings. The van der Waals surface area contributed by atoms with Crippen LogP contribution in [0.4, 0.5) is 0 Å². The Bertz CT molecular complexity index is 594. The van der Waals surface area contributed by atoms with Gasteiger partial charge in [-0.2, -0.15) is 0 Å². The van der Waals surface area contributed by atoms with Gasteiger partial charge in [-0.05, 0) is 44.4 Å². The summed E-state index contributed by atoms with van der Waals surface area (Å²) in [4.78, 5) is 0. The van der Waals surface area contributed by atoms with Gasteiger partial charge in [0.25, 0.3) is 0 Å². The molecule has 1 saturated carbocycles. The van der Waals surface area contributed by atoms with Crippen LogP contribution in [0.15, 0.2) is 24.3 Å². The van der Waals surface area contributed by atoms with Crippen molar-refractivity contribution in [3.05, 3.63) is 35.5 Å². The Hall–Kier alpha value is -1.32. The molecule has 1 aliphatic carbocycles. The van der Waals surface area contributed by atoms with E-state index in [0.717, 1.165) is 12.6 Å². The van der Waals surface area contributed by atoms with Crippen molar-refractivity contribution in [1.82, 2.24) is 9.88 Å². The molecule has 3 heteroatoms. The maximum atomic E-state index is 5.88. The highest BCUT2D eigenvalue weighted by Crippen LogP contribution is 2.27. The number of hydrogen-bond acceptors (Lipinski definition) is 2. The van der Waals surface area contributed by atoms with Gasteiger partial charge in [-0.25, -0.2) is 0 Å². The number of benzene rings is 1. The monoisotopic (exact) mass is 271 g/mol. The van der Waals surface area contributed by atoms with Crippen LogP contribution < -0.4 is 11.1 Å². The molecule has 0 radical (unpaired) electrons. The lowest BCUT2D eigenvalue weighted by atomic mass is 9.93. The van der Waals surface area contributed by atoms with Crippen molar-refractivity contribution >= 4 is 10.9 Å². The van der Waals surface area contributed by atoms with Crippen LogP contribution in [0.2, 0.25) is 0 Å². The fourth-order valence-corrected chi connectivity index (χ4v) is 3.15. The highest BCUT2D eigenvalue weighted by atomic mass is 15.0. The SMILES string of the molecule is CC(C)n1c(CNC2CCC2)cc2c(CN)cccc21. The molecule has 3 nitrogen and oxygen atoms in total. The average molecular weight is 271 g/mol. The third-order valence-corrected chi connectivity index (χ3v) is 4.47. The first-order valence-electron chi connectivity index (χ1n) is 7.76. The highest BCUT2D eigenvalue weighted by molar-refractivity contribution is 5.85. The van der Waals surface area contributed by atoms with Crippen LogP contribution in [0.1, 0.15) is 50.4 Å². The largest absolute Gasteiger partial charge is 0.341 e. The predicted octanol–water partition coefficient (Wildman–Crippen LogP) is 3.32. The van der Waals surface area contributed by atoms with Crippen LogP contribution in [-0.4, -0.2) is 10.6 Å². The smallest absolute Gasteiger partial charge is 0.0488 e. The van der Waals surface area contributed by atoms with Crippen molar-refractivity contribution in [3.63, 3.8) is 0 Å². The van der Waals surface area contributed by atoms with E-state index < -0.39 is 0 Å². The fourth-order valence-electron chi connectivity index (χ4n) is 3.15. The molecule has 1 fully saturated rings. The fraction of sp³-hybridized carbons (Fsp3) is 0.529. The van der Waals surface area contributed by atoms with Crippen molar-refractivity contribution in [2.24, 2.45) is 5.73 Å². The second-order valence-electron chi connectivity index (χ2n) is 6.16. The second-order valence-corrected chi connectivity index (χ2v) is 6.16. The molecule has 108 valence electrons. The number of rotatable bonds is 5. The summed E-state index contributed by atoms with van der Waals surface area (Å²) < 4.78 is 2.44. The first kappa shape index (κ1) is 13.7. The molecule has 0 saturated heterocycles. The zero-order valence-electron chi connectivity index (χ0n) is 12.5. The number of nitrogens with one attached hydrogen (secondary N) is 1. The Balaban J connectivity index is 1.98. The Morgan fingerprint density at radius 1 is 1.35 bits per heavy atom. The van der Waals surface area contributed by atoms with Gasteiger partial charge in [-0.1, -0.05) is 18.6 Å². The molecule has 3 N–H and O–H groups in total. The summed E-state index contributed by atoms with van der Waals surface area (Å²) in [5.74, 6) is 0. The van der Waals surface area contributed by atoms with Gasteiger partial charge in [-0.3, -0.25) is 0 Å². The molecule has 3 rings (SSSR count). The maximum Gasteiger partial charge on any atom is 0.0488 e. The number of fused-ring (bicyclic) bond motifs is 1. The van der Waals surface area contributed by atoms with E-state index in [1.165, 1.54) is 41.4 Å². The quantitative estimate of drug-likeness (QED) is 0.876. The van der Waals surface area contributed by atoms with Gasteiger partial charge < -0.3 is 15.6 Å². The van der Waals surface area contributed by atoms with E-state index in [1.54, 1.807) is 0 Å². The van der Waals surface area contributed by atoms with E-state index in [9.17, 15) is 0 Å². The maximum absolute atomic E-state index is 5.88. The van der Waals surface area contributed by atoms with Crippen LogP contribution in [0.25, 0.3) is 10.9 Å². The van der Waals surface area contributed by atoms with Crippen molar-refractivity contribution < 1.29 is 0 Å². The van der Waals surface area contributed by atoms with Crippen LogP contribution in [-0.2, 0) is 13.1 Å². The van der Waals surface area contributed by atoms with Gasteiger partial charge >= 0.3 is 0 Å². The van der Waals surface area contributed by atoms with Gasteiger partial charge in [0, 0.05) is 41.8 Å². The molecule has 1 heterocycles. The highest BCUT2D eigenvalue weighted by Gasteiger charge is 2.18. The minimum absolute atomic E-state index is 0.471. The first-order valence-corrected chi connectivity index (χ1v) is 7.76. The van der Waals surface area contributed by atoms with Crippen molar-refractivity contribution in [3.8, 4) is 0 Å². The normalized spacial score (nSPS) is 16.0. The summed E-state index contributed by atoms with van der Waals surface area (Å²) in [6, 6.07) is 9.98. The molecule has 1 aromatic heterocycles. The lowest BCUT2D eigenvalue weighted by molar-refractivity contribution is 0.334. The summed E-state index contributed by atoms with van der Waals surface area (Å²) in [5, 5.41) is 4.99. The molecule has 1 aromatic carbocycles. The molecule has 0 spiro atoms. The van der Waals surface area contributed by atoms with E-state index in [4.69, 9.17) is 5.73 Å². The van der Waals surface area contributed by atoms with E-state index >= 15 is 0 Å². The lowest BCUT2D eigenvalue weighted by Gasteiger charge is -2.27. The van der Waals surface area contributed by atoms with Crippen molar-refractivity contribution in [2.45, 2.75) is 58.3 Å². The lowest BCUT2D eigenvalue weighted by Crippen LogP contribution is -2.35. The molecule has 0 atom stereocenters. The summed E-state index contributed by atoms with van der Waals surface area (Å²) >= 11 is 0. The van der Waals surface area contributed by atoms with Crippen LogP contribution in [0.3, 0.4) is 0 Å². The van der Waals surface area contributed by atoms with Gasteiger partial charge in [0.15, 0.2) is 0 Å². The minimum atomic E-state index is 0.471. The Morgan fingerprint density at radius 3 is 2.75 bits per heavy atom. The van der Waals surface area contributed by atoms with E-state index in [2.05, 4.69) is 48.0 Å². The summed E-state index contributed by atoms with van der Waals surface area (Å²) in [5.41, 5.74) is 9.81. The zero-order valence-corrected chi connectivity index (χ0v) is 12.5. The molecule has 0 bridgehead atoms. The second kappa shape index (κ2) is 5.58. The Morgan fingerprint density at radius 2 is 2.15 bits per heavy atom. The molecule has 0 amide bonds. The Labute approximate surface area is 121 Å². The average Bonchev–Trinajstić information content (AvgIpc) is 2.75. The summed E-state index contributed by atoms with van der Waals surface area (Å²) in [7, 11) is 0. The molecular weight excluding hydrogens is 246 g/mol. The third-order valence-electron chi connectivity index (χ3n) is 4.47. The summed E-state index contributed by atoms with van der Waals surface area (Å²) in [6.07, 6.45) is 4.04. The van der Waals surface area contributed by atoms with Gasteiger partial charge in [0.05, 0.1) is 0 Å². The molecule has 0 aliphatic heterocycles. The zero-order chi connectivity index (χ0) is 14.1. The number of nitrogens with zero attached hydrogens (tertiary/aromatic N) is 1. The molecule has 20 heavy (non-hydrogen) atoms. The van der Waals surface area contributed by atoms with Gasteiger partial charge in [0.2, 0.25) is 0 Å². The molecule has 1 aliphatic rings. The number of nitrogens with two attached hydrogens (primary N) is 1. The van der Waals surface area contributed by atoms with E-state index in [1.807, 2.05) is 0 Å². The summed E-state index contributed by atoms with van der Waals surface area (Å²) in [6.45, 7) is 6.07. The standard InChI is InChI=1S/C17H25N3/c1-12(2)20-15(11-19-14-6-4-7-14)9-16-13(10-18)5-3-8-17(16)20/h3,5,8-9,12,14,19H,4,6-7,10-11,18H2,1-2H3. The van der Waals surface area contributed by atoms with Crippen LogP contribution in [0, 0.1) is 0 Å². The molecule has 0 unspecified atom stereocenters. The Kier molecular flexibility index (Phi) is 3.81. The van der Waals surface area contributed by atoms with E-state index in [0.29, 0.717) is 12.6 Å². The number of aromatic nitrogens is 1. The van der Waals surface area contributed by atoms with Crippen LogP contribution in [0.5, 0.6) is 0 Å². The van der Waals surface area contributed by atoms with Gasteiger partial charge in [0.1, 0.15) is 0 Å².